The SMILES string of the molecule is CCC(C)N(CCO)C1CC1. The minimum Gasteiger partial charge on any atom is -0.395 e. The monoisotopic (exact) mass is 157 g/mol. The van der Waals surface area contributed by atoms with Crippen LogP contribution < -0.4 is 0 Å². The summed E-state index contributed by atoms with van der Waals surface area (Å²) in [5, 5.41) is 8.82. The van der Waals surface area contributed by atoms with Crippen molar-refractivity contribution < 1.29 is 5.11 Å². The Morgan fingerprint density at radius 3 is 2.55 bits per heavy atom. The number of hydrogen-bond donors (Lipinski definition) is 1. The van der Waals surface area contributed by atoms with Crippen LogP contribution in [0, 0.1) is 0 Å². The van der Waals surface area contributed by atoms with Crippen LogP contribution in [0.1, 0.15) is 33.1 Å². The van der Waals surface area contributed by atoms with E-state index in [1.165, 1.54) is 19.3 Å². The Labute approximate surface area is 69.2 Å². The summed E-state index contributed by atoms with van der Waals surface area (Å²) in [6.45, 7) is 5.62. The van der Waals surface area contributed by atoms with E-state index in [9.17, 15) is 0 Å². The van der Waals surface area contributed by atoms with Crippen LogP contribution in [0.4, 0.5) is 0 Å². The molecule has 0 aromatic rings. The molecule has 0 bridgehead atoms. The van der Waals surface area contributed by atoms with Crippen molar-refractivity contribution in [2.75, 3.05) is 13.2 Å². The molecule has 11 heavy (non-hydrogen) atoms. The van der Waals surface area contributed by atoms with Crippen LogP contribution in [0.3, 0.4) is 0 Å². The van der Waals surface area contributed by atoms with Crippen molar-refractivity contribution >= 4 is 0 Å². The minimum atomic E-state index is 0.306. The lowest BCUT2D eigenvalue weighted by Crippen LogP contribution is -2.36. The molecule has 1 N–H and O–H groups in total. The predicted octanol–water partition coefficient (Wildman–Crippen LogP) is 1.24. The van der Waals surface area contributed by atoms with Crippen LogP contribution in [-0.4, -0.2) is 35.2 Å². The number of nitrogens with zero attached hydrogens (tertiary/aromatic N) is 1. The van der Waals surface area contributed by atoms with Gasteiger partial charge in [0, 0.05) is 18.6 Å². The van der Waals surface area contributed by atoms with Crippen molar-refractivity contribution in [2.45, 2.75) is 45.2 Å². The van der Waals surface area contributed by atoms with E-state index in [1.807, 2.05) is 0 Å². The summed E-state index contributed by atoms with van der Waals surface area (Å²) in [5.74, 6) is 0. The van der Waals surface area contributed by atoms with Gasteiger partial charge in [0.2, 0.25) is 0 Å². The molecule has 1 unspecified atom stereocenters. The molecule has 1 atom stereocenters. The maximum atomic E-state index is 8.82. The summed E-state index contributed by atoms with van der Waals surface area (Å²) >= 11 is 0. The van der Waals surface area contributed by atoms with Gasteiger partial charge in [0.25, 0.3) is 0 Å². The van der Waals surface area contributed by atoms with Gasteiger partial charge in [-0.05, 0) is 26.2 Å². The molecule has 0 radical (unpaired) electrons. The molecule has 0 aliphatic heterocycles. The molecule has 1 aliphatic rings. The molecule has 1 rings (SSSR count). The molecule has 0 aromatic heterocycles. The number of aliphatic hydroxyl groups excluding tert-OH is 1. The van der Waals surface area contributed by atoms with E-state index in [0.717, 1.165) is 12.6 Å². The van der Waals surface area contributed by atoms with E-state index in [0.29, 0.717) is 12.6 Å². The largest absolute Gasteiger partial charge is 0.395 e. The molecule has 1 fully saturated rings. The summed E-state index contributed by atoms with van der Waals surface area (Å²) in [4.78, 5) is 2.43. The molecular formula is C9H19NO. The van der Waals surface area contributed by atoms with Gasteiger partial charge in [0.1, 0.15) is 0 Å². The van der Waals surface area contributed by atoms with Crippen LogP contribution in [-0.2, 0) is 0 Å². The van der Waals surface area contributed by atoms with Gasteiger partial charge in [0.15, 0.2) is 0 Å². The first-order valence-corrected chi connectivity index (χ1v) is 4.66. The first-order valence-electron chi connectivity index (χ1n) is 4.66. The zero-order valence-corrected chi connectivity index (χ0v) is 7.58. The maximum absolute atomic E-state index is 8.82. The Morgan fingerprint density at radius 1 is 1.55 bits per heavy atom. The van der Waals surface area contributed by atoms with Crippen molar-refractivity contribution in [3.8, 4) is 0 Å². The van der Waals surface area contributed by atoms with E-state index < -0.39 is 0 Å². The Balaban J connectivity index is 2.30. The lowest BCUT2D eigenvalue weighted by molar-refractivity contribution is 0.147. The molecule has 66 valence electrons. The summed E-state index contributed by atoms with van der Waals surface area (Å²) in [6.07, 6.45) is 3.87. The van der Waals surface area contributed by atoms with Crippen LogP contribution in [0.5, 0.6) is 0 Å². The van der Waals surface area contributed by atoms with Crippen molar-refractivity contribution in [1.29, 1.82) is 0 Å². The van der Waals surface area contributed by atoms with Gasteiger partial charge in [-0.1, -0.05) is 6.92 Å². The minimum absolute atomic E-state index is 0.306. The smallest absolute Gasteiger partial charge is 0.0558 e. The molecule has 2 heteroatoms. The molecule has 0 spiro atoms. The summed E-state index contributed by atoms with van der Waals surface area (Å²) in [7, 11) is 0. The maximum Gasteiger partial charge on any atom is 0.0558 e. The van der Waals surface area contributed by atoms with Crippen LogP contribution in [0.15, 0.2) is 0 Å². The third kappa shape index (κ3) is 2.46. The Bertz CT molecular complexity index is 112. The van der Waals surface area contributed by atoms with Crippen LogP contribution in [0.2, 0.25) is 0 Å². The van der Waals surface area contributed by atoms with E-state index in [-0.39, 0.29) is 0 Å². The van der Waals surface area contributed by atoms with E-state index in [2.05, 4.69) is 18.7 Å². The summed E-state index contributed by atoms with van der Waals surface area (Å²) in [6, 6.07) is 1.44. The third-order valence-corrected chi connectivity index (χ3v) is 2.53. The Hall–Kier alpha value is -0.0800. The third-order valence-electron chi connectivity index (χ3n) is 2.53. The van der Waals surface area contributed by atoms with Gasteiger partial charge in [-0.15, -0.1) is 0 Å². The Morgan fingerprint density at radius 2 is 2.18 bits per heavy atom. The Kier molecular flexibility index (Phi) is 3.34. The van der Waals surface area contributed by atoms with Gasteiger partial charge in [0.05, 0.1) is 6.61 Å². The highest BCUT2D eigenvalue weighted by molar-refractivity contribution is 4.86. The fourth-order valence-corrected chi connectivity index (χ4v) is 1.52. The normalized spacial score (nSPS) is 20.7. The second-order valence-electron chi connectivity index (χ2n) is 3.45. The van der Waals surface area contributed by atoms with Crippen molar-refractivity contribution in [2.24, 2.45) is 0 Å². The fourth-order valence-electron chi connectivity index (χ4n) is 1.52. The highest BCUT2D eigenvalue weighted by Gasteiger charge is 2.30. The van der Waals surface area contributed by atoms with Gasteiger partial charge in [-0.2, -0.15) is 0 Å². The topological polar surface area (TPSA) is 23.5 Å². The number of rotatable bonds is 5. The van der Waals surface area contributed by atoms with Gasteiger partial charge >= 0.3 is 0 Å². The van der Waals surface area contributed by atoms with Gasteiger partial charge in [-0.3, -0.25) is 4.90 Å². The molecular weight excluding hydrogens is 138 g/mol. The first kappa shape index (κ1) is 9.01. The van der Waals surface area contributed by atoms with Gasteiger partial charge in [-0.25, -0.2) is 0 Å². The molecule has 0 amide bonds. The van der Waals surface area contributed by atoms with Crippen molar-refractivity contribution in [3.63, 3.8) is 0 Å². The van der Waals surface area contributed by atoms with Crippen molar-refractivity contribution in [3.05, 3.63) is 0 Å². The lowest BCUT2D eigenvalue weighted by atomic mass is 10.2. The standard InChI is InChI=1S/C9H19NO/c1-3-8(2)10(6-7-11)9-4-5-9/h8-9,11H,3-7H2,1-2H3. The average Bonchev–Trinajstić information content (AvgIpc) is 2.81. The highest BCUT2D eigenvalue weighted by Crippen LogP contribution is 2.28. The van der Waals surface area contributed by atoms with E-state index >= 15 is 0 Å². The molecule has 1 aliphatic carbocycles. The quantitative estimate of drug-likeness (QED) is 0.649. The number of aliphatic hydroxyl groups is 1. The van der Waals surface area contributed by atoms with E-state index in [1.54, 1.807) is 0 Å². The lowest BCUT2D eigenvalue weighted by Gasteiger charge is -2.27. The zero-order valence-electron chi connectivity index (χ0n) is 7.58. The molecule has 2 nitrogen and oxygen atoms in total. The molecule has 0 heterocycles. The molecule has 0 saturated heterocycles. The second kappa shape index (κ2) is 4.07. The molecule has 0 aromatic carbocycles. The summed E-state index contributed by atoms with van der Waals surface area (Å²) < 4.78 is 0. The van der Waals surface area contributed by atoms with Crippen LogP contribution >= 0.6 is 0 Å². The van der Waals surface area contributed by atoms with Crippen LogP contribution in [0.25, 0.3) is 0 Å². The second-order valence-corrected chi connectivity index (χ2v) is 3.45. The van der Waals surface area contributed by atoms with E-state index in [4.69, 9.17) is 5.11 Å². The zero-order chi connectivity index (χ0) is 8.27. The molecule has 1 saturated carbocycles. The first-order chi connectivity index (χ1) is 5.29. The fraction of sp³-hybridized carbons (Fsp3) is 1.00. The van der Waals surface area contributed by atoms with Gasteiger partial charge < -0.3 is 5.11 Å². The highest BCUT2D eigenvalue weighted by atomic mass is 16.3. The van der Waals surface area contributed by atoms with Crippen molar-refractivity contribution in [1.82, 2.24) is 4.90 Å². The number of hydrogen-bond acceptors (Lipinski definition) is 2. The summed E-state index contributed by atoms with van der Waals surface area (Å²) in [5.41, 5.74) is 0. The average molecular weight is 157 g/mol. The predicted molar refractivity (Wildman–Crippen MR) is 46.6 cm³/mol.